The van der Waals surface area contributed by atoms with Gasteiger partial charge in [0.1, 0.15) is 6.54 Å². The molecule has 29 heavy (non-hydrogen) atoms. The highest BCUT2D eigenvalue weighted by atomic mass is 16.5. The molecule has 3 heterocycles. The lowest BCUT2D eigenvalue weighted by Gasteiger charge is -2.05. The Kier molecular flexibility index (Phi) is 5.19. The van der Waals surface area contributed by atoms with Gasteiger partial charge in [-0.05, 0) is 18.2 Å². The van der Waals surface area contributed by atoms with E-state index in [-0.39, 0.29) is 12.5 Å². The number of anilines is 1. The second-order valence-electron chi connectivity index (χ2n) is 6.08. The Morgan fingerprint density at radius 2 is 1.93 bits per heavy atom. The summed E-state index contributed by atoms with van der Waals surface area (Å²) in [6.45, 7) is 0.0697. The summed E-state index contributed by atoms with van der Waals surface area (Å²) in [5.74, 6) is 0.629. The molecule has 4 rings (SSSR count). The summed E-state index contributed by atoms with van der Waals surface area (Å²) in [6.07, 6.45) is 6.30. The number of aromatic nitrogens is 6. The van der Waals surface area contributed by atoms with Gasteiger partial charge in [0.05, 0.1) is 24.7 Å². The van der Waals surface area contributed by atoms with E-state index in [4.69, 9.17) is 4.74 Å². The summed E-state index contributed by atoms with van der Waals surface area (Å²) in [5.41, 5.74) is 3.30. The maximum atomic E-state index is 12.2. The summed E-state index contributed by atoms with van der Waals surface area (Å²) >= 11 is 0. The van der Waals surface area contributed by atoms with Crippen molar-refractivity contribution in [1.82, 2.24) is 29.9 Å². The summed E-state index contributed by atoms with van der Waals surface area (Å²) in [5, 5.41) is 15.3. The second kappa shape index (κ2) is 8.26. The minimum atomic E-state index is -0.234. The first-order valence-corrected chi connectivity index (χ1v) is 8.79. The zero-order valence-electron chi connectivity index (χ0n) is 15.6. The van der Waals surface area contributed by atoms with Crippen molar-refractivity contribution < 1.29 is 9.53 Å². The average Bonchev–Trinajstić information content (AvgIpc) is 3.23. The third-order valence-corrected chi connectivity index (χ3v) is 4.08. The van der Waals surface area contributed by atoms with Gasteiger partial charge >= 0.3 is 0 Å². The normalized spacial score (nSPS) is 10.5. The second-order valence-corrected chi connectivity index (χ2v) is 6.08. The van der Waals surface area contributed by atoms with E-state index >= 15 is 0 Å². The molecule has 9 heteroatoms. The van der Waals surface area contributed by atoms with Gasteiger partial charge in [-0.3, -0.25) is 14.5 Å². The number of amides is 1. The predicted molar refractivity (Wildman–Crippen MR) is 106 cm³/mol. The number of carbonyl (C=O) groups excluding carboxylic acids is 1. The zero-order chi connectivity index (χ0) is 20.1. The minimum absolute atomic E-state index is 0.0697. The summed E-state index contributed by atoms with van der Waals surface area (Å²) in [6, 6.07) is 13.3. The highest BCUT2D eigenvalue weighted by molar-refractivity contribution is 5.89. The number of rotatable bonds is 6. The van der Waals surface area contributed by atoms with Crippen LogP contribution in [0.25, 0.3) is 22.5 Å². The molecule has 0 fully saturated rings. The van der Waals surface area contributed by atoms with Gasteiger partial charge < -0.3 is 10.1 Å². The molecular weight excluding hydrogens is 370 g/mol. The standard InChI is InChI=1S/C20H17N7O2/c1-29-20-6-5-16(24-25-20)14-3-2-4-15(11-14)17-7-10-27(26-17)13-19(28)23-18-12-21-8-9-22-18/h2-12H,13H2,1H3,(H,22,23,28). The highest BCUT2D eigenvalue weighted by Gasteiger charge is 2.09. The molecule has 1 N–H and O–H groups in total. The number of nitrogens with zero attached hydrogens (tertiary/aromatic N) is 6. The van der Waals surface area contributed by atoms with Crippen LogP contribution in [-0.4, -0.2) is 43.0 Å². The van der Waals surface area contributed by atoms with E-state index in [2.05, 4.69) is 30.6 Å². The van der Waals surface area contributed by atoms with Crippen LogP contribution in [0.5, 0.6) is 5.88 Å². The average molecular weight is 387 g/mol. The predicted octanol–water partition coefficient (Wildman–Crippen LogP) is 2.44. The van der Waals surface area contributed by atoms with Crippen molar-refractivity contribution in [3.05, 3.63) is 67.3 Å². The van der Waals surface area contributed by atoms with Gasteiger partial charge in [-0.1, -0.05) is 18.2 Å². The monoisotopic (exact) mass is 387 g/mol. The van der Waals surface area contributed by atoms with Gasteiger partial charge in [0, 0.05) is 35.8 Å². The van der Waals surface area contributed by atoms with Gasteiger partial charge in [0.15, 0.2) is 5.82 Å². The Labute approximate surface area is 166 Å². The highest BCUT2D eigenvalue weighted by Crippen LogP contribution is 2.24. The maximum Gasteiger partial charge on any atom is 0.247 e. The van der Waals surface area contributed by atoms with Crippen molar-refractivity contribution in [2.24, 2.45) is 0 Å². The number of methoxy groups -OCH3 is 1. The Morgan fingerprint density at radius 3 is 2.66 bits per heavy atom. The molecule has 0 aliphatic carbocycles. The van der Waals surface area contributed by atoms with Crippen molar-refractivity contribution in [3.8, 4) is 28.4 Å². The van der Waals surface area contributed by atoms with E-state index < -0.39 is 0 Å². The number of carbonyl (C=O) groups is 1. The van der Waals surface area contributed by atoms with Crippen LogP contribution in [0.4, 0.5) is 5.82 Å². The summed E-state index contributed by atoms with van der Waals surface area (Å²) in [7, 11) is 1.55. The van der Waals surface area contributed by atoms with Crippen LogP contribution >= 0.6 is 0 Å². The molecule has 0 saturated heterocycles. The molecular formula is C20H17N7O2. The molecule has 1 aromatic carbocycles. The van der Waals surface area contributed by atoms with E-state index in [1.165, 1.54) is 12.4 Å². The first kappa shape index (κ1) is 18.2. The number of benzene rings is 1. The first-order chi connectivity index (χ1) is 14.2. The van der Waals surface area contributed by atoms with Crippen LogP contribution in [0.3, 0.4) is 0 Å². The Balaban J connectivity index is 1.48. The van der Waals surface area contributed by atoms with Crippen molar-refractivity contribution in [2.45, 2.75) is 6.54 Å². The third-order valence-electron chi connectivity index (χ3n) is 4.08. The van der Waals surface area contributed by atoms with Gasteiger partial charge in [-0.25, -0.2) is 4.98 Å². The van der Waals surface area contributed by atoms with E-state index in [0.29, 0.717) is 11.7 Å². The van der Waals surface area contributed by atoms with Gasteiger partial charge in [-0.15, -0.1) is 10.2 Å². The van der Waals surface area contributed by atoms with Gasteiger partial charge in [0.25, 0.3) is 0 Å². The molecule has 0 aliphatic rings. The number of ether oxygens (including phenoxy) is 1. The topological polar surface area (TPSA) is 108 Å². The molecule has 0 aliphatic heterocycles. The van der Waals surface area contributed by atoms with E-state index in [9.17, 15) is 4.79 Å². The van der Waals surface area contributed by atoms with E-state index in [1.807, 2.05) is 36.4 Å². The first-order valence-electron chi connectivity index (χ1n) is 8.79. The SMILES string of the molecule is COc1ccc(-c2cccc(-c3ccn(CC(=O)Nc4cnccn4)n3)c2)nn1. The smallest absolute Gasteiger partial charge is 0.247 e. The molecule has 0 saturated carbocycles. The number of nitrogens with one attached hydrogen (secondary N) is 1. The van der Waals surface area contributed by atoms with Crippen molar-refractivity contribution >= 4 is 11.7 Å². The van der Waals surface area contributed by atoms with E-state index in [1.54, 1.807) is 30.3 Å². The van der Waals surface area contributed by atoms with E-state index in [0.717, 1.165) is 22.5 Å². The molecule has 0 spiro atoms. The fraction of sp³-hybridized carbons (Fsp3) is 0.100. The zero-order valence-corrected chi connectivity index (χ0v) is 15.6. The molecule has 0 bridgehead atoms. The molecule has 3 aromatic heterocycles. The minimum Gasteiger partial charge on any atom is -0.480 e. The molecule has 144 valence electrons. The quantitative estimate of drug-likeness (QED) is 0.541. The number of hydrogen-bond acceptors (Lipinski definition) is 7. The van der Waals surface area contributed by atoms with Crippen molar-refractivity contribution in [2.75, 3.05) is 12.4 Å². The fourth-order valence-electron chi connectivity index (χ4n) is 2.72. The lowest BCUT2D eigenvalue weighted by Crippen LogP contribution is -2.19. The third kappa shape index (κ3) is 4.41. The molecule has 9 nitrogen and oxygen atoms in total. The summed E-state index contributed by atoms with van der Waals surface area (Å²) < 4.78 is 6.61. The van der Waals surface area contributed by atoms with Crippen LogP contribution in [0.15, 0.2) is 67.3 Å². The molecule has 0 radical (unpaired) electrons. The maximum absolute atomic E-state index is 12.2. The number of hydrogen-bond donors (Lipinski definition) is 1. The van der Waals surface area contributed by atoms with Crippen LogP contribution < -0.4 is 10.1 Å². The molecule has 4 aromatic rings. The van der Waals surface area contributed by atoms with Crippen LogP contribution in [0.1, 0.15) is 0 Å². The molecule has 0 unspecified atom stereocenters. The Morgan fingerprint density at radius 1 is 1.07 bits per heavy atom. The van der Waals surface area contributed by atoms with Crippen LogP contribution in [0, 0.1) is 0 Å². The fourth-order valence-corrected chi connectivity index (χ4v) is 2.72. The molecule has 1 amide bonds. The Hall–Kier alpha value is -4.14. The van der Waals surface area contributed by atoms with Crippen molar-refractivity contribution in [3.63, 3.8) is 0 Å². The summed E-state index contributed by atoms with van der Waals surface area (Å²) in [4.78, 5) is 20.1. The van der Waals surface area contributed by atoms with Crippen LogP contribution in [-0.2, 0) is 11.3 Å². The Bertz CT molecular complexity index is 1110. The van der Waals surface area contributed by atoms with Crippen LogP contribution in [0.2, 0.25) is 0 Å². The largest absolute Gasteiger partial charge is 0.480 e. The van der Waals surface area contributed by atoms with Gasteiger partial charge in [-0.2, -0.15) is 5.10 Å². The lowest BCUT2D eigenvalue weighted by atomic mass is 10.1. The molecule has 0 atom stereocenters. The van der Waals surface area contributed by atoms with Gasteiger partial charge in [0.2, 0.25) is 11.8 Å². The lowest BCUT2D eigenvalue weighted by molar-refractivity contribution is -0.116. The van der Waals surface area contributed by atoms with Crippen molar-refractivity contribution in [1.29, 1.82) is 0 Å².